The molecule has 5 heteroatoms. The van der Waals surface area contributed by atoms with Gasteiger partial charge in [0, 0.05) is 10.9 Å². The maximum absolute atomic E-state index is 11.5. The molecule has 0 radical (unpaired) electrons. The zero-order valence-corrected chi connectivity index (χ0v) is 10.9. The fraction of sp³-hybridized carbons (Fsp3) is 1.00. The normalized spacial score (nSPS) is 15.5. The Labute approximate surface area is 92.3 Å². The van der Waals surface area contributed by atoms with Crippen LogP contribution in [0.25, 0.3) is 0 Å². The summed E-state index contributed by atoms with van der Waals surface area (Å²) in [5.41, 5.74) is -0.589. The molecular weight excluding hydrogens is 222 g/mol. The van der Waals surface area contributed by atoms with Crippen LogP contribution in [0.2, 0.25) is 0 Å². The first-order chi connectivity index (χ1) is 6.21. The van der Waals surface area contributed by atoms with Gasteiger partial charge in [0.05, 0.1) is 5.75 Å². The van der Waals surface area contributed by atoms with E-state index in [0.29, 0.717) is 6.42 Å². The van der Waals surface area contributed by atoms with Crippen LogP contribution in [-0.4, -0.2) is 25.1 Å². The first-order valence-electron chi connectivity index (χ1n) is 4.87. The van der Waals surface area contributed by atoms with E-state index < -0.39 is 15.6 Å². The third kappa shape index (κ3) is 5.17. The van der Waals surface area contributed by atoms with Gasteiger partial charge in [-0.2, -0.15) is 0 Å². The van der Waals surface area contributed by atoms with Gasteiger partial charge >= 0.3 is 0 Å². The minimum atomic E-state index is -3.18. The summed E-state index contributed by atoms with van der Waals surface area (Å²) in [4.78, 5) is 0. The molecule has 0 aromatic heterocycles. The van der Waals surface area contributed by atoms with Crippen molar-refractivity contribution < 1.29 is 8.42 Å². The Balaban J connectivity index is 4.36. The molecule has 0 heterocycles. The number of unbranched alkanes of at least 4 members (excludes halogenated alkanes) is 1. The largest absolute Gasteiger partial charge is 0.212 e. The van der Waals surface area contributed by atoms with Crippen LogP contribution < -0.4 is 4.72 Å². The van der Waals surface area contributed by atoms with Gasteiger partial charge in [-0.1, -0.05) is 13.3 Å². The van der Waals surface area contributed by atoms with E-state index >= 15 is 0 Å². The second kappa shape index (κ2) is 5.33. The van der Waals surface area contributed by atoms with E-state index in [1.807, 2.05) is 6.92 Å². The minimum absolute atomic E-state index is 0.177. The Morgan fingerprint density at radius 3 is 2.29 bits per heavy atom. The molecule has 0 aromatic rings. The lowest BCUT2D eigenvalue weighted by molar-refractivity contribution is 0.444. The van der Waals surface area contributed by atoms with Crippen LogP contribution in [0.3, 0.4) is 0 Å². The molecular formula is C9H20ClNO2S. The highest BCUT2D eigenvalue weighted by Crippen LogP contribution is 2.16. The summed E-state index contributed by atoms with van der Waals surface area (Å²) >= 11 is 5.88. The van der Waals surface area contributed by atoms with Crippen molar-refractivity contribution in [3.63, 3.8) is 0 Å². The summed E-state index contributed by atoms with van der Waals surface area (Å²) in [7, 11) is -3.18. The van der Waals surface area contributed by atoms with Crippen molar-refractivity contribution in [1.29, 1.82) is 0 Å². The van der Waals surface area contributed by atoms with E-state index in [9.17, 15) is 8.42 Å². The molecule has 0 aliphatic carbocycles. The summed E-state index contributed by atoms with van der Waals surface area (Å²) in [5.74, 6) is 0.177. The number of hydrogen-bond acceptors (Lipinski definition) is 2. The molecule has 14 heavy (non-hydrogen) atoms. The molecule has 0 aromatic carbocycles. The summed E-state index contributed by atoms with van der Waals surface area (Å²) in [6.07, 6.45) is 1.56. The molecule has 0 bridgehead atoms. The van der Waals surface area contributed by atoms with Crippen molar-refractivity contribution in [3.8, 4) is 0 Å². The van der Waals surface area contributed by atoms with Crippen molar-refractivity contribution in [2.75, 3.05) is 5.75 Å². The standard InChI is InChI=1S/C9H20ClNO2S/c1-5-6-7-14(12,13)11-9(3,4)8(2)10/h8,11H,5-7H2,1-4H3. The van der Waals surface area contributed by atoms with Crippen LogP contribution in [-0.2, 0) is 10.0 Å². The number of alkyl halides is 1. The second-order valence-electron chi connectivity index (χ2n) is 4.11. The molecule has 0 spiro atoms. The maximum Gasteiger partial charge on any atom is 0.212 e. The Morgan fingerprint density at radius 2 is 1.93 bits per heavy atom. The summed E-state index contributed by atoms with van der Waals surface area (Å²) in [6.45, 7) is 7.32. The smallest absolute Gasteiger partial charge is 0.212 e. The molecule has 0 saturated carbocycles. The SMILES string of the molecule is CCCCS(=O)(=O)NC(C)(C)C(C)Cl. The molecule has 1 atom stereocenters. The van der Waals surface area contributed by atoms with Crippen molar-refractivity contribution >= 4 is 21.6 Å². The van der Waals surface area contributed by atoms with Gasteiger partial charge in [0.25, 0.3) is 0 Å². The van der Waals surface area contributed by atoms with Crippen LogP contribution >= 0.6 is 11.6 Å². The molecule has 0 fully saturated rings. The minimum Gasteiger partial charge on any atom is -0.212 e. The summed E-state index contributed by atoms with van der Waals surface area (Å²) in [6, 6.07) is 0. The van der Waals surface area contributed by atoms with Gasteiger partial charge in [-0.3, -0.25) is 0 Å². The predicted octanol–water partition coefficient (Wildman–Crippen LogP) is 2.11. The van der Waals surface area contributed by atoms with Crippen LogP contribution in [0, 0.1) is 0 Å². The van der Waals surface area contributed by atoms with E-state index in [-0.39, 0.29) is 11.1 Å². The van der Waals surface area contributed by atoms with Crippen LogP contribution in [0.4, 0.5) is 0 Å². The third-order valence-electron chi connectivity index (χ3n) is 2.18. The third-order valence-corrected chi connectivity index (χ3v) is 4.39. The van der Waals surface area contributed by atoms with Gasteiger partial charge in [0.2, 0.25) is 10.0 Å². The first kappa shape index (κ1) is 14.2. The highest BCUT2D eigenvalue weighted by atomic mass is 35.5. The molecule has 0 amide bonds. The van der Waals surface area contributed by atoms with Gasteiger partial charge in [-0.15, -0.1) is 11.6 Å². The molecule has 3 nitrogen and oxygen atoms in total. The van der Waals surface area contributed by atoms with Gasteiger partial charge < -0.3 is 0 Å². The molecule has 0 aliphatic heterocycles. The van der Waals surface area contributed by atoms with E-state index in [4.69, 9.17) is 11.6 Å². The van der Waals surface area contributed by atoms with Gasteiger partial charge in [0.1, 0.15) is 0 Å². The van der Waals surface area contributed by atoms with Gasteiger partial charge in [0.15, 0.2) is 0 Å². The first-order valence-corrected chi connectivity index (χ1v) is 6.96. The lowest BCUT2D eigenvalue weighted by Crippen LogP contribution is -2.49. The maximum atomic E-state index is 11.5. The monoisotopic (exact) mass is 241 g/mol. The Hall–Kier alpha value is 0.200. The van der Waals surface area contributed by atoms with E-state index in [0.717, 1.165) is 6.42 Å². The number of halogens is 1. The molecule has 1 N–H and O–H groups in total. The van der Waals surface area contributed by atoms with Crippen LogP contribution in [0.15, 0.2) is 0 Å². The fourth-order valence-corrected chi connectivity index (χ4v) is 2.74. The topological polar surface area (TPSA) is 46.2 Å². The van der Waals surface area contributed by atoms with E-state index in [1.165, 1.54) is 0 Å². The average Bonchev–Trinajstić information content (AvgIpc) is 1.99. The second-order valence-corrected chi connectivity index (χ2v) is 6.61. The summed E-state index contributed by atoms with van der Waals surface area (Å²) < 4.78 is 25.7. The zero-order chi connectivity index (χ0) is 11.4. The quantitative estimate of drug-likeness (QED) is 0.724. The van der Waals surface area contributed by atoms with Crippen molar-refractivity contribution in [2.24, 2.45) is 0 Å². The Bertz CT molecular complexity index is 260. The highest BCUT2D eigenvalue weighted by molar-refractivity contribution is 7.89. The van der Waals surface area contributed by atoms with Gasteiger partial charge in [-0.25, -0.2) is 13.1 Å². The van der Waals surface area contributed by atoms with Crippen LogP contribution in [0.5, 0.6) is 0 Å². The average molecular weight is 242 g/mol. The number of nitrogens with one attached hydrogen (secondary N) is 1. The van der Waals surface area contributed by atoms with Crippen molar-refractivity contribution in [1.82, 2.24) is 4.72 Å². The number of hydrogen-bond donors (Lipinski definition) is 1. The van der Waals surface area contributed by atoms with Crippen molar-refractivity contribution in [2.45, 2.75) is 51.5 Å². The van der Waals surface area contributed by atoms with Crippen LogP contribution in [0.1, 0.15) is 40.5 Å². The molecule has 86 valence electrons. The fourth-order valence-electron chi connectivity index (χ4n) is 0.867. The lowest BCUT2D eigenvalue weighted by atomic mass is 10.0. The van der Waals surface area contributed by atoms with Crippen molar-refractivity contribution in [3.05, 3.63) is 0 Å². The van der Waals surface area contributed by atoms with E-state index in [1.54, 1.807) is 20.8 Å². The molecule has 0 aliphatic rings. The Kier molecular flexibility index (Phi) is 5.41. The van der Waals surface area contributed by atoms with Gasteiger partial charge in [-0.05, 0) is 27.2 Å². The summed E-state index contributed by atoms with van der Waals surface area (Å²) in [5, 5.41) is -0.237. The highest BCUT2D eigenvalue weighted by Gasteiger charge is 2.28. The molecule has 0 rings (SSSR count). The van der Waals surface area contributed by atoms with E-state index in [2.05, 4.69) is 4.72 Å². The predicted molar refractivity (Wildman–Crippen MR) is 61.2 cm³/mol. The Morgan fingerprint density at radius 1 is 1.43 bits per heavy atom. The molecule has 1 unspecified atom stereocenters. The number of rotatable bonds is 6. The zero-order valence-electron chi connectivity index (χ0n) is 9.30. The molecule has 0 saturated heterocycles. The lowest BCUT2D eigenvalue weighted by Gasteiger charge is -2.28. The number of sulfonamides is 1.